The van der Waals surface area contributed by atoms with Gasteiger partial charge in [0, 0.05) is 11.0 Å². The van der Waals surface area contributed by atoms with Crippen LogP contribution in [0.2, 0.25) is 0 Å². The first-order valence-electron chi connectivity index (χ1n) is 6.22. The molecule has 0 aromatic heterocycles. The molecule has 0 spiro atoms. The fourth-order valence-corrected chi connectivity index (χ4v) is 3.69. The standard InChI is InChI=1S/C14H19FOS/c1-10-8-11(15)6-7-13(10)14(16)9-17-12-4-2-3-5-12/h6-8,12,14,16H,2-5,9H2,1H3. The molecular formula is C14H19FOS. The predicted molar refractivity (Wildman–Crippen MR) is 70.8 cm³/mol. The zero-order chi connectivity index (χ0) is 12.3. The highest BCUT2D eigenvalue weighted by Gasteiger charge is 2.18. The van der Waals surface area contributed by atoms with Gasteiger partial charge in [0.1, 0.15) is 5.82 Å². The van der Waals surface area contributed by atoms with E-state index in [-0.39, 0.29) is 5.82 Å². The summed E-state index contributed by atoms with van der Waals surface area (Å²) >= 11 is 1.86. The van der Waals surface area contributed by atoms with Crippen molar-refractivity contribution in [1.29, 1.82) is 0 Å². The Morgan fingerprint density at radius 3 is 2.76 bits per heavy atom. The smallest absolute Gasteiger partial charge is 0.123 e. The molecule has 0 saturated heterocycles. The van der Waals surface area contributed by atoms with E-state index in [0.717, 1.165) is 16.9 Å². The van der Waals surface area contributed by atoms with Crippen LogP contribution in [0, 0.1) is 12.7 Å². The Morgan fingerprint density at radius 1 is 1.41 bits per heavy atom. The van der Waals surface area contributed by atoms with Crippen LogP contribution in [0.4, 0.5) is 4.39 Å². The lowest BCUT2D eigenvalue weighted by molar-refractivity contribution is 0.203. The summed E-state index contributed by atoms with van der Waals surface area (Å²) in [4.78, 5) is 0. The number of aryl methyl sites for hydroxylation is 1. The van der Waals surface area contributed by atoms with Crippen LogP contribution in [-0.2, 0) is 0 Å². The van der Waals surface area contributed by atoms with Gasteiger partial charge in [0.05, 0.1) is 6.10 Å². The van der Waals surface area contributed by atoms with Crippen molar-refractivity contribution in [2.24, 2.45) is 0 Å². The summed E-state index contributed by atoms with van der Waals surface area (Å²) in [6, 6.07) is 4.61. The Balaban J connectivity index is 1.91. The predicted octanol–water partition coefficient (Wildman–Crippen LogP) is 3.84. The summed E-state index contributed by atoms with van der Waals surface area (Å²) in [5, 5.41) is 10.8. The number of thioether (sulfide) groups is 1. The monoisotopic (exact) mass is 254 g/mol. The molecular weight excluding hydrogens is 235 g/mol. The average Bonchev–Trinajstić information content (AvgIpc) is 2.78. The molecule has 0 bridgehead atoms. The Morgan fingerprint density at radius 2 is 2.12 bits per heavy atom. The summed E-state index contributed by atoms with van der Waals surface area (Å²) in [6.45, 7) is 1.85. The van der Waals surface area contributed by atoms with E-state index in [2.05, 4.69) is 0 Å². The van der Waals surface area contributed by atoms with Crippen LogP contribution < -0.4 is 0 Å². The molecule has 2 rings (SSSR count). The van der Waals surface area contributed by atoms with Gasteiger partial charge in [0.25, 0.3) is 0 Å². The fraction of sp³-hybridized carbons (Fsp3) is 0.571. The second kappa shape index (κ2) is 5.87. The highest BCUT2D eigenvalue weighted by atomic mass is 32.2. The quantitative estimate of drug-likeness (QED) is 0.881. The minimum Gasteiger partial charge on any atom is -0.388 e. The van der Waals surface area contributed by atoms with E-state index in [0.29, 0.717) is 5.25 Å². The fourth-order valence-electron chi connectivity index (χ4n) is 2.39. The lowest BCUT2D eigenvalue weighted by atomic mass is 10.0. The summed E-state index contributed by atoms with van der Waals surface area (Å²) in [7, 11) is 0. The largest absolute Gasteiger partial charge is 0.388 e. The molecule has 1 nitrogen and oxygen atoms in total. The van der Waals surface area contributed by atoms with E-state index in [9.17, 15) is 9.50 Å². The molecule has 0 amide bonds. The maximum absolute atomic E-state index is 13.0. The maximum Gasteiger partial charge on any atom is 0.123 e. The Hall–Kier alpha value is -0.540. The molecule has 3 heteroatoms. The number of hydrogen-bond donors (Lipinski definition) is 1. The van der Waals surface area contributed by atoms with E-state index in [1.54, 1.807) is 6.07 Å². The molecule has 1 aliphatic carbocycles. The molecule has 0 radical (unpaired) electrons. The Bertz CT molecular complexity index is 374. The number of hydrogen-bond acceptors (Lipinski definition) is 2. The third-order valence-electron chi connectivity index (χ3n) is 3.38. The van der Waals surface area contributed by atoms with Crippen molar-refractivity contribution >= 4 is 11.8 Å². The van der Waals surface area contributed by atoms with Gasteiger partial charge in [0.2, 0.25) is 0 Å². The van der Waals surface area contributed by atoms with Gasteiger partial charge in [-0.3, -0.25) is 0 Å². The van der Waals surface area contributed by atoms with E-state index < -0.39 is 6.10 Å². The van der Waals surface area contributed by atoms with E-state index in [1.807, 2.05) is 18.7 Å². The molecule has 1 aromatic carbocycles. The molecule has 17 heavy (non-hydrogen) atoms. The van der Waals surface area contributed by atoms with Crippen LogP contribution >= 0.6 is 11.8 Å². The van der Waals surface area contributed by atoms with Crippen molar-refractivity contribution in [3.63, 3.8) is 0 Å². The van der Waals surface area contributed by atoms with Crippen LogP contribution in [0.25, 0.3) is 0 Å². The molecule has 1 atom stereocenters. The summed E-state index contributed by atoms with van der Waals surface area (Å²) in [5.74, 6) is 0.485. The summed E-state index contributed by atoms with van der Waals surface area (Å²) in [5.41, 5.74) is 1.70. The maximum atomic E-state index is 13.0. The molecule has 0 heterocycles. The van der Waals surface area contributed by atoms with Gasteiger partial charge in [0.15, 0.2) is 0 Å². The van der Waals surface area contributed by atoms with Crippen molar-refractivity contribution in [1.82, 2.24) is 0 Å². The summed E-state index contributed by atoms with van der Waals surface area (Å²) in [6.07, 6.45) is 4.73. The summed E-state index contributed by atoms with van der Waals surface area (Å²) < 4.78 is 13.0. The number of benzene rings is 1. The second-order valence-corrected chi connectivity index (χ2v) is 6.09. The van der Waals surface area contributed by atoms with Crippen molar-refractivity contribution in [2.75, 3.05) is 5.75 Å². The van der Waals surface area contributed by atoms with Crippen LogP contribution in [0.3, 0.4) is 0 Å². The first-order valence-corrected chi connectivity index (χ1v) is 7.27. The number of halogens is 1. The van der Waals surface area contributed by atoms with Crippen LogP contribution in [0.15, 0.2) is 18.2 Å². The first kappa shape index (κ1) is 12.9. The Kier molecular flexibility index (Phi) is 4.46. The second-order valence-electron chi connectivity index (χ2n) is 4.76. The molecule has 1 saturated carbocycles. The van der Waals surface area contributed by atoms with Crippen molar-refractivity contribution in [2.45, 2.75) is 44.0 Å². The van der Waals surface area contributed by atoms with Crippen LogP contribution in [0.5, 0.6) is 0 Å². The minimum atomic E-state index is -0.471. The van der Waals surface area contributed by atoms with Gasteiger partial charge >= 0.3 is 0 Å². The number of aliphatic hydroxyl groups excluding tert-OH is 1. The van der Waals surface area contributed by atoms with Crippen LogP contribution in [-0.4, -0.2) is 16.1 Å². The SMILES string of the molecule is Cc1cc(F)ccc1C(O)CSC1CCCC1. The van der Waals surface area contributed by atoms with Gasteiger partial charge in [-0.2, -0.15) is 11.8 Å². The zero-order valence-electron chi connectivity index (χ0n) is 10.2. The lowest BCUT2D eigenvalue weighted by Gasteiger charge is -2.16. The number of aliphatic hydroxyl groups is 1. The van der Waals surface area contributed by atoms with Gasteiger partial charge in [-0.1, -0.05) is 18.9 Å². The molecule has 94 valence electrons. The molecule has 1 aromatic rings. The third kappa shape index (κ3) is 3.46. The first-order chi connectivity index (χ1) is 8.16. The molecule has 1 N–H and O–H groups in total. The normalized spacial score (nSPS) is 18.5. The van der Waals surface area contributed by atoms with Gasteiger partial charge in [-0.05, 0) is 43.0 Å². The topological polar surface area (TPSA) is 20.2 Å². The highest BCUT2D eigenvalue weighted by molar-refractivity contribution is 7.99. The molecule has 0 aliphatic heterocycles. The molecule has 1 unspecified atom stereocenters. The minimum absolute atomic E-state index is 0.234. The van der Waals surface area contributed by atoms with Gasteiger partial charge in [-0.15, -0.1) is 0 Å². The van der Waals surface area contributed by atoms with E-state index >= 15 is 0 Å². The van der Waals surface area contributed by atoms with Crippen molar-refractivity contribution in [3.05, 3.63) is 35.1 Å². The van der Waals surface area contributed by atoms with Crippen LogP contribution in [0.1, 0.15) is 42.9 Å². The third-order valence-corrected chi connectivity index (χ3v) is 4.83. The lowest BCUT2D eigenvalue weighted by Crippen LogP contribution is -2.06. The zero-order valence-corrected chi connectivity index (χ0v) is 11.0. The van der Waals surface area contributed by atoms with Gasteiger partial charge < -0.3 is 5.11 Å². The Labute approximate surface area is 106 Å². The average molecular weight is 254 g/mol. The van der Waals surface area contributed by atoms with E-state index in [1.165, 1.54) is 37.8 Å². The molecule has 1 aliphatic rings. The van der Waals surface area contributed by atoms with Crippen molar-refractivity contribution in [3.8, 4) is 0 Å². The molecule has 1 fully saturated rings. The highest BCUT2D eigenvalue weighted by Crippen LogP contribution is 2.32. The van der Waals surface area contributed by atoms with Gasteiger partial charge in [-0.25, -0.2) is 4.39 Å². The number of rotatable bonds is 4. The van der Waals surface area contributed by atoms with E-state index in [4.69, 9.17) is 0 Å². The van der Waals surface area contributed by atoms with Crippen molar-refractivity contribution < 1.29 is 9.50 Å².